The number of likely N-dealkylation sites (tertiary alicyclic amines) is 1. The summed E-state index contributed by atoms with van der Waals surface area (Å²) in [7, 11) is 0. The van der Waals surface area contributed by atoms with Gasteiger partial charge >= 0.3 is 0 Å². The molecule has 2 rings (SSSR count). The molecule has 1 N–H and O–H groups in total. The van der Waals surface area contributed by atoms with E-state index in [0.29, 0.717) is 6.04 Å². The molecular weight excluding hydrogens is 162 g/mol. The topological polar surface area (TPSA) is 31.9 Å². The van der Waals surface area contributed by atoms with Crippen LogP contribution in [-0.4, -0.2) is 28.2 Å². The summed E-state index contributed by atoms with van der Waals surface area (Å²) in [5, 5.41) is 7.09. The third kappa shape index (κ3) is 1.75. The van der Waals surface area contributed by atoms with Gasteiger partial charge in [-0.05, 0) is 32.0 Å². The third-order valence-corrected chi connectivity index (χ3v) is 2.90. The molecule has 0 aliphatic carbocycles. The second-order valence-electron chi connectivity index (χ2n) is 3.65. The molecule has 1 aromatic heterocycles. The first-order valence-corrected chi connectivity index (χ1v) is 5.15. The molecule has 0 saturated carbocycles. The van der Waals surface area contributed by atoms with Crippen molar-refractivity contribution in [3.05, 3.63) is 18.0 Å². The van der Waals surface area contributed by atoms with E-state index in [1.807, 2.05) is 6.20 Å². The van der Waals surface area contributed by atoms with Gasteiger partial charge in [0.25, 0.3) is 0 Å². The lowest BCUT2D eigenvalue weighted by Gasteiger charge is -2.33. The number of aromatic amines is 1. The van der Waals surface area contributed by atoms with Gasteiger partial charge in [0.05, 0.1) is 11.7 Å². The van der Waals surface area contributed by atoms with E-state index in [9.17, 15) is 0 Å². The maximum atomic E-state index is 4.01. The molecule has 1 fully saturated rings. The van der Waals surface area contributed by atoms with Gasteiger partial charge in [0, 0.05) is 6.20 Å². The average molecular weight is 179 g/mol. The van der Waals surface area contributed by atoms with Crippen LogP contribution >= 0.6 is 0 Å². The van der Waals surface area contributed by atoms with Gasteiger partial charge in [0.1, 0.15) is 0 Å². The Hall–Kier alpha value is -0.830. The molecule has 1 aliphatic rings. The Bertz CT molecular complexity index is 243. The number of piperidine rings is 1. The molecule has 1 aromatic rings. The van der Waals surface area contributed by atoms with Crippen LogP contribution in [0.3, 0.4) is 0 Å². The lowest BCUT2D eigenvalue weighted by atomic mass is 10.00. The molecular formula is C10H17N3. The van der Waals surface area contributed by atoms with Gasteiger partial charge in [0.2, 0.25) is 0 Å². The Morgan fingerprint density at radius 2 is 2.54 bits per heavy atom. The molecule has 1 atom stereocenters. The van der Waals surface area contributed by atoms with E-state index < -0.39 is 0 Å². The van der Waals surface area contributed by atoms with Crippen LogP contribution in [-0.2, 0) is 0 Å². The zero-order chi connectivity index (χ0) is 9.10. The summed E-state index contributed by atoms with van der Waals surface area (Å²) in [6.07, 6.45) is 5.81. The molecule has 0 bridgehead atoms. The second kappa shape index (κ2) is 3.92. The molecule has 1 saturated heterocycles. The van der Waals surface area contributed by atoms with Crippen molar-refractivity contribution >= 4 is 0 Å². The minimum Gasteiger partial charge on any atom is -0.295 e. The van der Waals surface area contributed by atoms with Crippen molar-refractivity contribution < 1.29 is 0 Å². The molecule has 72 valence electrons. The minimum atomic E-state index is 0.584. The van der Waals surface area contributed by atoms with Gasteiger partial charge in [0.15, 0.2) is 0 Å². The predicted molar refractivity (Wildman–Crippen MR) is 52.4 cm³/mol. The molecule has 0 unspecified atom stereocenters. The maximum Gasteiger partial charge on any atom is 0.0523 e. The van der Waals surface area contributed by atoms with Crippen LogP contribution < -0.4 is 0 Å². The summed E-state index contributed by atoms with van der Waals surface area (Å²) in [6, 6.07) is 2.68. The lowest BCUT2D eigenvalue weighted by Crippen LogP contribution is -2.33. The monoisotopic (exact) mass is 179 g/mol. The standard InChI is InChI=1S/C10H17N3/c1-2-13-8-4-3-5-10(13)9-6-7-11-12-9/h6-7,10H,2-5,8H2,1H3,(H,11,12)/t10-/m1/s1. The number of nitrogens with one attached hydrogen (secondary N) is 1. The van der Waals surface area contributed by atoms with E-state index in [0.717, 1.165) is 6.54 Å². The van der Waals surface area contributed by atoms with Crippen molar-refractivity contribution in [2.75, 3.05) is 13.1 Å². The molecule has 0 amide bonds. The Kier molecular flexibility index (Phi) is 2.64. The van der Waals surface area contributed by atoms with Crippen LogP contribution in [0.15, 0.2) is 12.3 Å². The van der Waals surface area contributed by atoms with E-state index in [-0.39, 0.29) is 0 Å². The normalized spacial score (nSPS) is 24.8. The van der Waals surface area contributed by atoms with Crippen molar-refractivity contribution in [1.29, 1.82) is 0 Å². The van der Waals surface area contributed by atoms with Gasteiger partial charge in [-0.1, -0.05) is 13.3 Å². The molecule has 3 heteroatoms. The van der Waals surface area contributed by atoms with Crippen LogP contribution in [0.1, 0.15) is 37.9 Å². The summed E-state index contributed by atoms with van der Waals surface area (Å²) >= 11 is 0. The van der Waals surface area contributed by atoms with Crippen LogP contribution in [0.2, 0.25) is 0 Å². The molecule has 0 radical (unpaired) electrons. The van der Waals surface area contributed by atoms with Gasteiger partial charge in [-0.25, -0.2) is 0 Å². The minimum absolute atomic E-state index is 0.584. The Morgan fingerprint density at radius 1 is 1.62 bits per heavy atom. The average Bonchev–Trinajstić information content (AvgIpc) is 2.70. The van der Waals surface area contributed by atoms with Crippen molar-refractivity contribution in [2.45, 2.75) is 32.2 Å². The number of hydrogen-bond acceptors (Lipinski definition) is 2. The van der Waals surface area contributed by atoms with Gasteiger partial charge in [-0.15, -0.1) is 0 Å². The SMILES string of the molecule is CCN1CCCC[C@@H]1c1ccn[nH]1. The summed E-state index contributed by atoms with van der Waals surface area (Å²) < 4.78 is 0. The second-order valence-corrected chi connectivity index (χ2v) is 3.65. The van der Waals surface area contributed by atoms with Gasteiger partial charge < -0.3 is 0 Å². The van der Waals surface area contributed by atoms with Gasteiger partial charge in [-0.3, -0.25) is 10.00 Å². The molecule has 2 heterocycles. The largest absolute Gasteiger partial charge is 0.295 e. The van der Waals surface area contributed by atoms with E-state index in [2.05, 4.69) is 28.1 Å². The molecule has 0 aromatic carbocycles. The quantitative estimate of drug-likeness (QED) is 0.752. The van der Waals surface area contributed by atoms with Crippen molar-refractivity contribution in [2.24, 2.45) is 0 Å². The zero-order valence-electron chi connectivity index (χ0n) is 8.16. The molecule has 1 aliphatic heterocycles. The lowest BCUT2D eigenvalue weighted by molar-refractivity contribution is 0.154. The fraction of sp³-hybridized carbons (Fsp3) is 0.700. The van der Waals surface area contributed by atoms with E-state index >= 15 is 0 Å². The van der Waals surface area contributed by atoms with E-state index in [1.165, 1.54) is 31.5 Å². The van der Waals surface area contributed by atoms with Crippen molar-refractivity contribution in [3.63, 3.8) is 0 Å². The number of aromatic nitrogens is 2. The number of nitrogens with zero attached hydrogens (tertiary/aromatic N) is 2. The summed E-state index contributed by atoms with van der Waals surface area (Å²) in [5.74, 6) is 0. The van der Waals surface area contributed by atoms with E-state index in [4.69, 9.17) is 0 Å². The Labute approximate surface area is 79.1 Å². The maximum absolute atomic E-state index is 4.01. The fourth-order valence-corrected chi connectivity index (χ4v) is 2.17. The highest BCUT2D eigenvalue weighted by molar-refractivity contribution is 5.05. The Balaban J connectivity index is 2.11. The first kappa shape index (κ1) is 8.75. The molecule has 3 nitrogen and oxygen atoms in total. The third-order valence-electron chi connectivity index (χ3n) is 2.90. The van der Waals surface area contributed by atoms with Crippen LogP contribution in [0.5, 0.6) is 0 Å². The molecule has 0 spiro atoms. The van der Waals surface area contributed by atoms with Crippen molar-refractivity contribution in [3.8, 4) is 0 Å². The highest BCUT2D eigenvalue weighted by atomic mass is 15.2. The fourth-order valence-electron chi connectivity index (χ4n) is 2.17. The summed E-state index contributed by atoms with van der Waals surface area (Å²) in [4.78, 5) is 2.52. The van der Waals surface area contributed by atoms with Crippen LogP contribution in [0.25, 0.3) is 0 Å². The summed E-state index contributed by atoms with van der Waals surface area (Å²) in [5.41, 5.74) is 1.28. The first-order valence-electron chi connectivity index (χ1n) is 5.15. The number of H-pyrrole nitrogens is 1. The van der Waals surface area contributed by atoms with Gasteiger partial charge in [-0.2, -0.15) is 5.10 Å². The zero-order valence-corrected chi connectivity index (χ0v) is 8.16. The van der Waals surface area contributed by atoms with Crippen LogP contribution in [0.4, 0.5) is 0 Å². The van der Waals surface area contributed by atoms with E-state index in [1.54, 1.807) is 0 Å². The highest BCUT2D eigenvalue weighted by Gasteiger charge is 2.22. The first-order chi connectivity index (χ1) is 6.42. The Morgan fingerprint density at radius 3 is 3.23 bits per heavy atom. The highest BCUT2D eigenvalue weighted by Crippen LogP contribution is 2.28. The smallest absolute Gasteiger partial charge is 0.0523 e. The number of rotatable bonds is 2. The predicted octanol–water partition coefficient (Wildman–Crippen LogP) is 1.96. The van der Waals surface area contributed by atoms with Crippen molar-refractivity contribution in [1.82, 2.24) is 15.1 Å². The summed E-state index contributed by atoms with van der Waals surface area (Å²) in [6.45, 7) is 4.61. The molecule has 13 heavy (non-hydrogen) atoms. The van der Waals surface area contributed by atoms with Crippen LogP contribution in [0, 0.1) is 0 Å². The number of hydrogen-bond donors (Lipinski definition) is 1.